The van der Waals surface area contributed by atoms with Crippen LogP contribution in [0.15, 0.2) is 0 Å². The SMILES string of the molecule is CN(C[PH](O)(O)O)O[PH](C)(O)O. The minimum absolute atomic E-state index is 0.531. The second-order valence-electron chi connectivity index (χ2n) is 2.59. The molecule has 0 aliphatic rings. The third-order valence-corrected chi connectivity index (χ3v) is 2.29. The number of hydrogen-bond acceptors (Lipinski definition) is 7. The van der Waals surface area contributed by atoms with Gasteiger partial charge >= 0.3 is 70.0 Å². The van der Waals surface area contributed by atoms with Gasteiger partial charge in [0.15, 0.2) is 0 Å². The van der Waals surface area contributed by atoms with Crippen molar-refractivity contribution in [3.05, 3.63) is 0 Å². The molecule has 5 N–H and O–H groups in total. The van der Waals surface area contributed by atoms with E-state index < -0.39 is 22.2 Å². The second kappa shape index (κ2) is 4.19. The van der Waals surface area contributed by atoms with Crippen LogP contribution >= 0.6 is 15.9 Å². The predicted molar refractivity (Wildman–Crippen MR) is 47.4 cm³/mol. The van der Waals surface area contributed by atoms with E-state index in [1.165, 1.54) is 7.05 Å². The first-order valence-electron chi connectivity index (χ1n) is 3.12. The van der Waals surface area contributed by atoms with Gasteiger partial charge in [0, 0.05) is 0 Å². The van der Waals surface area contributed by atoms with Gasteiger partial charge in [-0.3, -0.25) is 0 Å². The van der Waals surface area contributed by atoms with Gasteiger partial charge < -0.3 is 0 Å². The van der Waals surface area contributed by atoms with Crippen molar-refractivity contribution in [1.82, 2.24) is 5.06 Å². The zero-order valence-electron chi connectivity index (χ0n) is 6.80. The summed E-state index contributed by atoms with van der Waals surface area (Å²) in [5.41, 5.74) is 0. The number of hydrogen-bond donors (Lipinski definition) is 5. The molecule has 0 aromatic carbocycles. The van der Waals surface area contributed by atoms with Gasteiger partial charge in [-0.1, -0.05) is 0 Å². The number of nitrogens with zero attached hydrogens (tertiary/aromatic N) is 1. The van der Waals surface area contributed by atoms with E-state index >= 15 is 0 Å². The van der Waals surface area contributed by atoms with Crippen LogP contribution in [-0.4, -0.2) is 49.5 Å². The predicted octanol–water partition coefficient (Wildman–Crippen LogP) is -1.61. The molecule has 78 valence electrons. The van der Waals surface area contributed by atoms with Crippen LogP contribution in [0.2, 0.25) is 0 Å². The Morgan fingerprint density at radius 2 is 1.58 bits per heavy atom. The average molecular weight is 223 g/mol. The van der Waals surface area contributed by atoms with Gasteiger partial charge in [-0.15, -0.1) is 0 Å². The summed E-state index contributed by atoms with van der Waals surface area (Å²) in [6.07, 6.45) is -0.531. The molecule has 0 aliphatic heterocycles. The molecule has 0 spiro atoms. The Balaban J connectivity index is 3.83. The molecule has 0 unspecified atom stereocenters. The van der Waals surface area contributed by atoms with Crippen LogP contribution < -0.4 is 0 Å². The van der Waals surface area contributed by atoms with Gasteiger partial charge in [-0.2, -0.15) is 0 Å². The second-order valence-corrected chi connectivity index (χ2v) is 6.50. The van der Waals surface area contributed by atoms with Gasteiger partial charge in [0.2, 0.25) is 0 Å². The fraction of sp³-hybridized carbons (Fsp3) is 1.00. The molecule has 0 saturated heterocycles. The van der Waals surface area contributed by atoms with Crippen molar-refractivity contribution >= 4 is 15.9 Å². The Bertz CT molecular complexity index is 125. The molecular weight excluding hydrogens is 208 g/mol. The summed E-state index contributed by atoms with van der Waals surface area (Å²) in [5.74, 6) is 0. The normalized spacial score (nSPS) is 16.7. The van der Waals surface area contributed by atoms with Crippen LogP contribution in [0, 0.1) is 0 Å². The maximum absolute atomic E-state index is 8.79. The molecule has 0 radical (unpaired) electrons. The van der Waals surface area contributed by atoms with Gasteiger partial charge in [0.05, 0.1) is 0 Å². The van der Waals surface area contributed by atoms with Crippen molar-refractivity contribution in [2.75, 3.05) is 20.0 Å². The van der Waals surface area contributed by atoms with Crippen LogP contribution in [0.4, 0.5) is 0 Å². The van der Waals surface area contributed by atoms with Gasteiger partial charge in [-0.05, 0) is 0 Å². The summed E-state index contributed by atoms with van der Waals surface area (Å²) in [5, 5.41) is 0.790. The molecule has 0 amide bonds. The standard InChI is InChI=1S/C3H15NO6P2/c1-4(3-12(7,8)9)10-11(2,5)6/h5-9,11-12H,3H2,1-2H3. The third kappa shape index (κ3) is 8.67. The monoisotopic (exact) mass is 223 g/mol. The molecule has 0 fully saturated rings. The van der Waals surface area contributed by atoms with E-state index in [0.29, 0.717) is 0 Å². The summed E-state index contributed by atoms with van der Waals surface area (Å²) in [7, 11) is -6.67. The van der Waals surface area contributed by atoms with E-state index in [0.717, 1.165) is 11.7 Å². The third-order valence-electron chi connectivity index (χ3n) is 0.764. The zero-order valence-corrected chi connectivity index (χ0v) is 8.80. The first-order chi connectivity index (χ1) is 5.10. The molecule has 0 atom stereocenters. The first-order valence-corrected chi connectivity index (χ1v) is 7.47. The van der Waals surface area contributed by atoms with E-state index in [1.54, 1.807) is 0 Å². The molecule has 0 aromatic heterocycles. The molecule has 0 rings (SSSR count). The number of hydroxylamine groups is 2. The Morgan fingerprint density at radius 3 is 1.83 bits per heavy atom. The fourth-order valence-electron chi connectivity index (χ4n) is 0.626. The molecule has 0 bridgehead atoms. The van der Waals surface area contributed by atoms with Gasteiger partial charge in [-0.25, -0.2) is 0 Å². The molecule has 9 heteroatoms. The zero-order chi connectivity index (χ0) is 9.99. The van der Waals surface area contributed by atoms with Crippen molar-refractivity contribution in [2.45, 2.75) is 0 Å². The quantitative estimate of drug-likeness (QED) is 0.287. The summed E-state index contributed by atoms with van der Waals surface area (Å²) in [6.45, 7) is 1.08. The molecule has 0 aromatic rings. The molecule has 0 aliphatic carbocycles. The summed E-state index contributed by atoms with van der Waals surface area (Å²) in [6, 6.07) is 0. The van der Waals surface area contributed by atoms with Crippen LogP contribution in [0.5, 0.6) is 0 Å². The van der Waals surface area contributed by atoms with Gasteiger partial charge in [0.1, 0.15) is 0 Å². The summed E-state index contributed by atoms with van der Waals surface area (Å²) < 4.78 is 4.45. The minimum atomic E-state index is -4.22. The Labute approximate surface area is 71.0 Å². The maximum atomic E-state index is 8.79. The molecular formula is C3H15NO6P2. The topological polar surface area (TPSA) is 114 Å². The average Bonchev–Trinajstić information content (AvgIpc) is 1.49. The molecule has 0 heterocycles. The molecule has 7 nitrogen and oxygen atoms in total. The van der Waals surface area contributed by atoms with Gasteiger partial charge in [0.25, 0.3) is 0 Å². The van der Waals surface area contributed by atoms with Crippen LogP contribution in [-0.2, 0) is 4.62 Å². The van der Waals surface area contributed by atoms with E-state index in [1.807, 2.05) is 0 Å². The number of rotatable bonds is 4. The Morgan fingerprint density at radius 1 is 1.17 bits per heavy atom. The van der Waals surface area contributed by atoms with E-state index in [9.17, 15) is 0 Å². The van der Waals surface area contributed by atoms with Crippen molar-refractivity contribution in [2.24, 2.45) is 0 Å². The summed E-state index contributed by atoms with van der Waals surface area (Å²) in [4.78, 5) is 43.3. The van der Waals surface area contributed by atoms with E-state index in [-0.39, 0.29) is 0 Å². The van der Waals surface area contributed by atoms with Crippen molar-refractivity contribution in [3.63, 3.8) is 0 Å². The van der Waals surface area contributed by atoms with Crippen molar-refractivity contribution in [3.8, 4) is 0 Å². The first kappa shape index (κ1) is 12.6. The van der Waals surface area contributed by atoms with Crippen LogP contribution in [0.25, 0.3) is 0 Å². The molecule has 12 heavy (non-hydrogen) atoms. The van der Waals surface area contributed by atoms with Crippen LogP contribution in [0.1, 0.15) is 0 Å². The van der Waals surface area contributed by atoms with E-state index in [2.05, 4.69) is 4.62 Å². The van der Waals surface area contributed by atoms with Crippen LogP contribution in [0.3, 0.4) is 0 Å². The van der Waals surface area contributed by atoms with Crippen molar-refractivity contribution in [1.29, 1.82) is 0 Å². The van der Waals surface area contributed by atoms with E-state index in [4.69, 9.17) is 24.5 Å². The summed E-state index contributed by atoms with van der Waals surface area (Å²) >= 11 is 0. The fourth-order valence-corrected chi connectivity index (χ4v) is 2.07. The molecule has 0 saturated carbocycles. The Kier molecular flexibility index (Phi) is 4.40. The Hall–Kier alpha value is 0.580. The van der Waals surface area contributed by atoms with Crippen molar-refractivity contribution < 1.29 is 29.1 Å².